The number of anilines is 1. The standard InChI is InChI=1S/C23H21Cl2NO4S/c1-23(2,28)12-30-18-7-5-15(10-19(18)29-3)26-11-14-9-20(31-21(14)22(26)27)13-4-6-16(24)17(25)8-13/h4-10,28H,11-12H2,1-3H3. The van der Waals surface area contributed by atoms with Crippen molar-refractivity contribution in [2.45, 2.75) is 26.0 Å². The van der Waals surface area contributed by atoms with Crippen LogP contribution in [0.15, 0.2) is 42.5 Å². The Labute approximate surface area is 194 Å². The van der Waals surface area contributed by atoms with Gasteiger partial charge in [0.1, 0.15) is 6.61 Å². The average Bonchev–Trinajstić information content (AvgIpc) is 3.27. The van der Waals surface area contributed by atoms with Gasteiger partial charge in [0, 0.05) is 16.6 Å². The smallest absolute Gasteiger partial charge is 0.269 e. The second-order valence-electron chi connectivity index (χ2n) is 7.92. The van der Waals surface area contributed by atoms with Crippen LogP contribution in [0.25, 0.3) is 10.4 Å². The number of carbonyl (C=O) groups is 1. The summed E-state index contributed by atoms with van der Waals surface area (Å²) in [5.74, 6) is 0.955. The van der Waals surface area contributed by atoms with Gasteiger partial charge in [-0.3, -0.25) is 4.79 Å². The van der Waals surface area contributed by atoms with Gasteiger partial charge in [0.25, 0.3) is 5.91 Å². The lowest BCUT2D eigenvalue weighted by Gasteiger charge is -2.21. The third-order valence-corrected chi connectivity index (χ3v) is 6.77. The Morgan fingerprint density at radius 2 is 1.87 bits per heavy atom. The minimum absolute atomic E-state index is 0.0569. The molecule has 0 atom stereocenters. The van der Waals surface area contributed by atoms with Crippen molar-refractivity contribution in [2.75, 3.05) is 18.6 Å². The van der Waals surface area contributed by atoms with Crippen LogP contribution in [0.2, 0.25) is 10.0 Å². The molecule has 162 valence electrons. The Kier molecular flexibility index (Phi) is 5.92. The zero-order chi connectivity index (χ0) is 22.3. The number of rotatable bonds is 6. The molecule has 1 aliphatic rings. The van der Waals surface area contributed by atoms with Crippen molar-refractivity contribution in [1.29, 1.82) is 0 Å². The summed E-state index contributed by atoms with van der Waals surface area (Å²) in [5.41, 5.74) is 1.66. The Morgan fingerprint density at radius 3 is 2.52 bits per heavy atom. The second kappa shape index (κ2) is 8.36. The van der Waals surface area contributed by atoms with Crippen LogP contribution in [0.5, 0.6) is 11.5 Å². The van der Waals surface area contributed by atoms with Crippen molar-refractivity contribution in [2.24, 2.45) is 0 Å². The molecule has 3 aromatic rings. The van der Waals surface area contributed by atoms with Gasteiger partial charge in [-0.15, -0.1) is 11.3 Å². The highest BCUT2D eigenvalue weighted by atomic mass is 35.5. The molecule has 0 spiro atoms. The zero-order valence-electron chi connectivity index (χ0n) is 17.2. The molecule has 2 aromatic carbocycles. The molecule has 0 aliphatic carbocycles. The van der Waals surface area contributed by atoms with E-state index in [1.165, 1.54) is 11.3 Å². The molecule has 8 heteroatoms. The molecule has 1 aliphatic heterocycles. The SMILES string of the molecule is COc1cc(N2Cc3cc(-c4ccc(Cl)c(Cl)c4)sc3C2=O)ccc1OCC(C)(C)O. The minimum Gasteiger partial charge on any atom is -0.493 e. The van der Waals surface area contributed by atoms with Gasteiger partial charge in [0.2, 0.25) is 0 Å². The third kappa shape index (κ3) is 4.53. The maximum Gasteiger partial charge on any atom is 0.269 e. The lowest BCUT2D eigenvalue weighted by atomic mass is 10.1. The number of fused-ring (bicyclic) bond motifs is 1. The number of nitrogens with zero attached hydrogens (tertiary/aromatic N) is 1. The lowest BCUT2D eigenvalue weighted by Crippen LogP contribution is -2.28. The molecule has 0 saturated heterocycles. The molecular formula is C23H21Cl2NO4S. The first-order valence-corrected chi connectivity index (χ1v) is 11.2. The molecule has 1 N–H and O–H groups in total. The number of hydrogen-bond acceptors (Lipinski definition) is 5. The van der Waals surface area contributed by atoms with E-state index in [2.05, 4.69) is 0 Å². The molecule has 1 aromatic heterocycles. The van der Waals surface area contributed by atoms with E-state index in [0.29, 0.717) is 33.0 Å². The summed E-state index contributed by atoms with van der Waals surface area (Å²) in [6.45, 7) is 3.93. The molecule has 0 saturated carbocycles. The van der Waals surface area contributed by atoms with Gasteiger partial charge in [0.05, 0.1) is 34.2 Å². The summed E-state index contributed by atoms with van der Waals surface area (Å²) in [6.07, 6.45) is 0. The Balaban J connectivity index is 1.56. The molecule has 5 nitrogen and oxygen atoms in total. The Bertz CT molecular complexity index is 1150. The Morgan fingerprint density at radius 1 is 1.10 bits per heavy atom. The molecule has 0 bridgehead atoms. The van der Waals surface area contributed by atoms with Gasteiger partial charge in [-0.05, 0) is 55.3 Å². The van der Waals surface area contributed by atoms with E-state index >= 15 is 0 Å². The first-order valence-electron chi connectivity index (χ1n) is 9.59. The maximum atomic E-state index is 13.1. The molecular weight excluding hydrogens is 457 g/mol. The van der Waals surface area contributed by atoms with Gasteiger partial charge in [-0.25, -0.2) is 0 Å². The topological polar surface area (TPSA) is 59.0 Å². The van der Waals surface area contributed by atoms with Gasteiger partial charge >= 0.3 is 0 Å². The zero-order valence-corrected chi connectivity index (χ0v) is 19.6. The molecule has 1 amide bonds. The molecule has 4 rings (SSSR count). The number of carbonyl (C=O) groups excluding carboxylic acids is 1. The van der Waals surface area contributed by atoms with Crippen LogP contribution in [-0.2, 0) is 6.54 Å². The lowest BCUT2D eigenvalue weighted by molar-refractivity contribution is 0.0276. The summed E-state index contributed by atoms with van der Waals surface area (Å²) < 4.78 is 11.1. The van der Waals surface area contributed by atoms with Crippen LogP contribution >= 0.6 is 34.5 Å². The van der Waals surface area contributed by atoms with E-state index in [-0.39, 0.29) is 12.5 Å². The summed E-state index contributed by atoms with van der Waals surface area (Å²) in [4.78, 5) is 16.5. The molecule has 0 unspecified atom stereocenters. The first-order chi connectivity index (χ1) is 14.7. The molecule has 0 radical (unpaired) electrons. The van der Waals surface area contributed by atoms with Crippen molar-refractivity contribution in [3.05, 3.63) is 63.0 Å². The molecule has 2 heterocycles. The monoisotopic (exact) mass is 477 g/mol. The summed E-state index contributed by atoms with van der Waals surface area (Å²) >= 11 is 13.6. The van der Waals surface area contributed by atoms with Crippen LogP contribution in [0.3, 0.4) is 0 Å². The number of benzene rings is 2. The number of hydrogen-bond donors (Lipinski definition) is 1. The van der Waals surface area contributed by atoms with E-state index in [4.69, 9.17) is 32.7 Å². The fraction of sp³-hybridized carbons (Fsp3) is 0.261. The van der Waals surface area contributed by atoms with Gasteiger partial charge in [-0.1, -0.05) is 29.3 Å². The van der Waals surface area contributed by atoms with Gasteiger partial charge < -0.3 is 19.5 Å². The predicted octanol–water partition coefficient (Wildman–Crippen LogP) is 6.04. The average molecular weight is 478 g/mol. The minimum atomic E-state index is -0.963. The van der Waals surface area contributed by atoms with Crippen molar-refractivity contribution in [1.82, 2.24) is 0 Å². The van der Waals surface area contributed by atoms with Crippen LogP contribution in [0.4, 0.5) is 5.69 Å². The largest absolute Gasteiger partial charge is 0.493 e. The first kappa shape index (κ1) is 22.0. The van der Waals surface area contributed by atoms with E-state index in [9.17, 15) is 9.90 Å². The van der Waals surface area contributed by atoms with E-state index in [0.717, 1.165) is 21.7 Å². The second-order valence-corrected chi connectivity index (χ2v) is 9.79. The number of methoxy groups -OCH3 is 1. The Hall–Kier alpha value is -2.25. The highest BCUT2D eigenvalue weighted by Crippen LogP contribution is 2.41. The number of thiophene rings is 1. The van der Waals surface area contributed by atoms with E-state index in [1.807, 2.05) is 24.3 Å². The van der Waals surface area contributed by atoms with Crippen molar-refractivity contribution >= 4 is 46.1 Å². The normalized spacial score (nSPS) is 13.5. The van der Waals surface area contributed by atoms with Crippen molar-refractivity contribution in [3.63, 3.8) is 0 Å². The maximum absolute atomic E-state index is 13.1. The number of amides is 1. The van der Waals surface area contributed by atoms with Crippen molar-refractivity contribution in [3.8, 4) is 21.9 Å². The van der Waals surface area contributed by atoms with Gasteiger partial charge in [0.15, 0.2) is 11.5 Å². The summed E-state index contributed by atoms with van der Waals surface area (Å²) in [5, 5.41) is 10.9. The highest BCUT2D eigenvalue weighted by molar-refractivity contribution is 7.17. The van der Waals surface area contributed by atoms with Crippen LogP contribution in [0.1, 0.15) is 29.1 Å². The molecule has 31 heavy (non-hydrogen) atoms. The van der Waals surface area contributed by atoms with E-state index < -0.39 is 5.60 Å². The quantitative estimate of drug-likeness (QED) is 0.469. The summed E-state index contributed by atoms with van der Waals surface area (Å²) in [6, 6.07) is 12.8. The predicted molar refractivity (Wildman–Crippen MR) is 125 cm³/mol. The third-order valence-electron chi connectivity index (χ3n) is 4.82. The fourth-order valence-corrected chi connectivity index (χ4v) is 4.71. The summed E-state index contributed by atoms with van der Waals surface area (Å²) in [7, 11) is 1.54. The van der Waals surface area contributed by atoms with Gasteiger partial charge in [-0.2, -0.15) is 0 Å². The number of aliphatic hydroxyl groups is 1. The van der Waals surface area contributed by atoms with Crippen LogP contribution < -0.4 is 14.4 Å². The number of halogens is 2. The molecule has 0 fully saturated rings. The van der Waals surface area contributed by atoms with Crippen LogP contribution in [-0.4, -0.2) is 30.3 Å². The van der Waals surface area contributed by atoms with Crippen LogP contribution in [0, 0.1) is 0 Å². The van der Waals surface area contributed by atoms with Crippen molar-refractivity contribution < 1.29 is 19.4 Å². The number of ether oxygens (including phenoxy) is 2. The fourth-order valence-electron chi connectivity index (χ4n) is 3.29. The highest BCUT2D eigenvalue weighted by Gasteiger charge is 2.32. The van der Waals surface area contributed by atoms with E-state index in [1.54, 1.807) is 44.1 Å².